The zero-order chi connectivity index (χ0) is 21.8. The minimum Gasteiger partial charge on any atom is -0.486 e. The fourth-order valence-electron chi connectivity index (χ4n) is 3.22. The molecule has 0 spiro atoms. The lowest BCUT2D eigenvalue weighted by Gasteiger charge is -2.26. The lowest BCUT2D eigenvalue weighted by Crippen LogP contribution is -2.40. The molecule has 7 nitrogen and oxygen atoms in total. The van der Waals surface area contributed by atoms with Gasteiger partial charge in [-0.1, -0.05) is 36.4 Å². The van der Waals surface area contributed by atoms with E-state index in [0.717, 1.165) is 0 Å². The predicted molar refractivity (Wildman–Crippen MR) is 117 cm³/mol. The van der Waals surface area contributed by atoms with Gasteiger partial charge in [-0.3, -0.25) is 9.52 Å². The number of para-hydroxylation sites is 3. The van der Waals surface area contributed by atoms with Gasteiger partial charge in [0, 0.05) is 11.3 Å². The second-order valence-corrected chi connectivity index (χ2v) is 8.81. The average Bonchev–Trinajstić information content (AvgIpc) is 2.78. The molecule has 0 aromatic heterocycles. The van der Waals surface area contributed by atoms with Gasteiger partial charge in [0.2, 0.25) is 0 Å². The Bertz CT molecular complexity index is 1200. The van der Waals surface area contributed by atoms with Gasteiger partial charge in [-0.25, -0.2) is 8.42 Å². The molecule has 1 atom stereocenters. The Kier molecular flexibility index (Phi) is 5.81. The lowest BCUT2D eigenvalue weighted by atomic mass is 10.1. The van der Waals surface area contributed by atoms with E-state index in [1.807, 2.05) is 18.2 Å². The van der Waals surface area contributed by atoms with Gasteiger partial charge in [-0.15, -0.1) is 0 Å². The van der Waals surface area contributed by atoms with Crippen molar-refractivity contribution in [3.05, 3.63) is 83.9 Å². The first kappa shape index (κ1) is 20.7. The quantitative estimate of drug-likeness (QED) is 0.616. The van der Waals surface area contributed by atoms with Crippen LogP contribution in [0.4, 0.5) is 5.69 Å². The van der Waals surface area contributed by atoms with Gasteiger partial charge in [0.05, 0.1) is 11.4 Å². The number of sulfonamides is 1. The Morgan fingerprint density at radius 1 is 1.00 bits per heavy atom. The van der Waals surface area contributed by atoms with E-state index in [-0.39, 0.29) is 23.1 Å². The van der Waals surface area contributed by atoms with Gasteiger partial charge in [0.15, 0.2) is 11.5 Å². The monoisotopic (exact) mass is 438 g/mol. The number of anilines is 1. The summed E-state index contributed by atoms with van der Waals surface area (Å²) in [6, 6.07) is 20.5. The first-order chi connectivity index (χ1) is 14.9. The highest BCUT2D eigenvalue weighted by molar-refractivity contribution is 7.92. The molecule has 0 unspecified atom stereocenters. The SMILES string of the molecule is Cc1ccc(C(=O)NC[C@H]2COc3ccccc3O2)cc1S(=O)(=O)Nc1ccccc1. The number of carbonyl (C=O) groups excluding carboxylic acids is 1. The maximum atomic E-state index is 12.8. The Balaban J connectivity index is 1.45. The van der Waals surface area contributed by atoms with Gasteiger partial charge in [-0.2, -0.15) is 0 Å². The number of hydrogen-bond donors (Lipinski definition) is 2. The molecule has 8 heteroatoms. The van der Waals surface area contributed by atoms with Crippen molar-refractivity contribution in [2.75, 3.05) is 17.9 Å². The summed E-state index contributed by atoms with van der Waals surface area (Å²) in [6.07, 6.45) is -0.341. The van der Waals surface area contributed by atoms with Gasteiger partial charge in [0.25, 0.3) is 15.9 Å². The third-order valence-corrected chi connectivity index (χ3v) is 6.35. The zero-order valence-electron chi connectivity index (χ0n) is 16.9. The summed E-state index contributed by atoms with van der Waals surface area (Å²) in [5, 5.41) is 2.79. The van der Waals surface area contributed by atoms with Gasteiger partial charge in [-0.05, 0) is 48.9 Å². The van der Waals surface area contributed by atoms with Crippen LogP contribution in [-0.4, -0.2) is 33.6 Å². The van der Waals surface area contributed by atoms with E-state index < -0.39 is 15.9 Å². The maximum Gasteiger partial charge on any atom is 0.262 e. The van der Waals surface area contributed by atoms with E-state index in [1.54, 1.807) is 55.5 Å². The molecule has 4 rings (SSSR count). The fraction of sp³-hybridized carbons (Fsp3) is 0.174. The van der Waals surface area contributed by atoms with Crippen molar-refractivity contribution in [2.45, 2.75) is 17.9 Å². The first-order valence-corrected chi connectivity index (χ1v) is 11.3. The molecule has 3 aromatic rings. The summed E-state index contributed by atoms with van der Waals surface area (Å²) in [5.74, 6) is 0.909. The third kappa shape index (κ3) is 4.80. The standard InChI is InChI=1S/C23H22N2O5S/c1-16-11-12-17(13-22(16)31(27,28)25-18-7-3-2-4-8-18)23(26)24-14-19-15-29-20-9-5-6-10-21(20)30-19/h2-13,19,25H,14-15H2,1H3,(H,24,26)/t19-/m0/s1. The largest absolute Gasteiger partial charge is 0.486 e. The normalized spacial score (nSPS) is 15.2. The molecule has 1 aliphatic heterocycles. The van der Waals surface area contributed by atoms with Gasteiger partial charge >= 0.3 is 0 Å². The average molecular weight is 439 g/mol. The first-order valence-electron chi connectivity index (χ1n) is 9.77. The number of ether oxygens (including phenoxy) is 2. The van der Waals surface area contributed by atoms with Crippen LogP contribution in [0.3, 0.4) is 0 Å². The molecule has 31 heavy (non-hydrogen) atoms. The molecule has 0 fully saturated rings. The molecule has 3 aromatic carbocycles. The van der Waals surface area contributed by atoms with Crippen molar-refractivity contribution in [3.63, 3.8) is 0 Å². The number of fused-ring (bicyclic) bond motifs is 1. The highest BCUT2D eigenvalue weighted by atomic mass is 32.2. The molecule has 160 valence electrons. The van der Waals surface area contributed by atoms with Crippen molar-refractivity contribution in [3.8, 4) is 11.5 Å². The van der Waals surface area contributed by atoms with E-state index >= 15 is 0 Å². The summed E-state index contributed by atoms with van der Waals surface area (Å²) in [6.45, 7) is 2.23. The second-order valence-electron chi connectivity index (χ2n) is 7.16. The molecular formula is C23H22N2O5S. The van der Waals surface area contributed by atoms with Crippen molar-refractivity contribution in [1.29, 1.82) is 0 Å². The molecule has 1 aliphatic rings. The topological polar surface area (TPSA) is 93.7 Å². The van der Waals surface area contributed by atoms with Crippen LogP contribution in [0.1, 0.15) is 15.9 Å². The maximum absolute atomic E-state index is 12.8. The summed E-state index contributed by atoms with van der Waals surface area (Å²) in [7, 11) is -3.84. The minimum absolute atomic E-state index is 0.0511. The number of carbonyl (C=O) groups is 1. The van der Waals surface area contributed by atoms with Crippen LogP contribution in [0.15, 0.2) is 77.7 Å². The van der Waals surface area contributed by atoms with Crippen LogP contribution in [0.25, 0.3) is 0 Å². The Morgan fingerprint density at radius 3 is 2.48 bits per heavy atom. The molecule has 0 radical (unpaired) electrons. The number of hydrogen-bond acceptors (Lipinski definition) is 5. The van der Waals surface area contributed by atoms with Crippen molar-refractivity contribution in [2.24, 2.45) is 0 Å². The molecular weight excluding hydrogens is 416 g/mol. The number of benzene rings is 3. The molecule has 1 heterocycles. The summed E-state index contributed by atoms with van der Waals surface area (Å²) < 4.78 is 39.7. The number of amides is 1. The summed E-state index contributed by atoms with van der Waals surface area (Å²) >= 11 is 0. The van der Waals surface area contributed by atoms with Crippen LogP contribution >= 0.6 is 0 Å². The summed E-state index contributed by atoms with van der Waals surface area (Å²) in [5.41, 5.74) is 1.24. The van der Waals surface area contributed by atoms with Gasteiger partial charge in [0.1, 0.15) is 12.7 Å². The Labute approximate surface area is 181 Å². The van der Waals surface area contributed by atoms with Crippen molar-refractivity contribution >= 4 is 21.6 Å². The van der Waals surface area contributed by atoms with E-state index in [4.69, 9.17) is 9.47 Å². The Hall–Kier alpha value is -3.52. The van der Waals surface area contributed by atoms with Crippen LogP contribution in [0.5, 0.6) is 11.5 Å². The van der Waals surface area contributed by atoms with Crippen molar-refractivity contribution in [1.82, 2.24) is 5.32 Å². The highest BCUT2D eigenvalue weighted by Gasteiger charge is 2.23. The molecule has 2 N–H and O–H groups in total. The van der Waals surface area contributed by atoms with E-state index in [0.29, 0.717) is 29.4 Å². The number of rotatable bonds is 6. The minimum atomic E-state index is -3.84. The van der Waals surface area contributed by atoms with Crippen molar-refractivity contribution < 1.29 is 22.7 Å². The van der Waals surface area contributed by atoms with Gasteiger partial charge < -0.3 is 14.8 Å². The van der Waals surface area contributed by atoms with E-state index in [1.165, 1.54) is 6.07 Å². The second kappa shape index (κ2) is 8.69. The third-order valence-electron chi connectivity index (χ3n) is 4.82. The molecule has 0 aliphatic carbocycles. The van der Waals surface area contributed by atoms with E-state index in [2.05, 4.69) is 10.0 Å². The number of nitrogens with one attached hydrogen (secondary N) is 2. The molecule has 0 bridgehead atoms. The van der Waals surface area contributed by atoms with Crippen LogP contribution in [0, 0.1) is 6.92 Å². The smallest absolute Gasteiger partial charge is 0.262 e. The van der Waals surface area contributed by atoms with Crippen LogP contribution in [-0.2, 0) is 10.0 Å². The molecule has 1 amide bonds. The predicted octanol–water partition coefficient (Wildman–Crippen LogP) is 3.37. The van der Waals surface area contributed by atoms with Crippen LogP contribution < -0.4 is 19.5 Å². The zero-order valence-corrected chi connectivity index (χ0v) is 17.7. The summed E-state index contributed by atoms with van der Waals surface area (Å²) in [4.78, 5) is 12.7. The molecule has 0 saturated carbocycles. The fourth-order valence-corrected chi connectivity index (χ4v) is 4.55. The molecule has 0 saturated heterocycles. The number of aryl methyl sites for hydroxylation is 1. The van der Waals surface area contributed by atoms with E-state index in [9.17, 15) is 13.2 Å². The Morgan fingerprint density at radius 2 is 1.71 bits per heavy atom. The lowest BCUT2D eigenvalue weighted by molar-refractivity contribution is 0.0789. The highest BCUT2D eigenvalue weighted by Crippen LogP contribution is 2.30. The van der Waals surface area contributed by atoms with Crippen LogP contribution in [0.2, 0.25) is 0 Å².